The fraction of sp³-hybridized carbons (Fsp3) is 0.357. The van der Waals surface area contributed by atoms with E-state index in [2.05, 4.69) is 16.8 Å². The number of nitrogens with one attached hydrogen (secondary N) is 1. The van der Waals surface area contributed by atoms with Crippen molar-refractivity contribution in [3.63, 3.8) is 0 Å². The molecule has 1 aliphatic heterocycles. The van der Waals surface area contributed by atoms with Crippen LogP contribution >= 0.6 is 0 Å². The molecule has 1 atom stereocenters. The summed E-state index contributed by atoms with van der Waals surface area (Å²) >= 11 is 0. The Labute approximate surface area is 102 Å². The molecule has 1 fully saturated rings. The zero-order chi connectivity index (χ0) is 12.1. The van der Waals surface area contributed by atoms with E-state index in [0.29, 0.717) is 5.56 Å². The molecule has 1 aromatic carbocycles. The lowest BCUT2D eigenvalue weighted by Crippen LogP contribution is -2.45. The summed E-state index contributed by atoms with van der Waals surface area (Å²) in [5.74, 6) is -0.0394. The Morgan fingerprint density at radius 2 is 1.94 bits per heavy atom. The Kier molecular flexibility index (Phi) is 3.94. The highest BCUT2D eigenvalue weighted by Crippen LogP contribution is 2.11. The lowest BCUT2D eigenvalue weighted by atomic mass is 10.2. The number of amides is 1. The first-order chi connectivity index (χ1) is 8.31. The van der Waals surface area contributed by atoms with Crippen molar-refractivity contribution in [2.24, 2.45) is 0 Å². The van der Waals surface area contributed by atoms with Crippen LogP contribution in [-0.2, 0) is 0 Å². The normalized spacial score (nSPS) is 17.6. The molecule has 0 aromatic heterocycles. The maximum absolute atomic E-state index is 12.0. The third-order valence-corrected chi connectivity index (χ3v) is 3.07. The predicted octanol–water partition coefficient (Wildman–Crippen LogP) is 2.02. The largest absolute Gasteiger partial charge is 0.333 e. The third kappa shape index (κ3) is 2.94. The molecular formula is C14H18N2O. The van der Waals surface area contributed by atoms with Crippen molar-refractivity contribution in [3.8, 4) is 0 Å². The summed E-state index contributed by atoms with van der Waals surface area (Å²) in [5, 5.41) is 2.99. The molecule has 3 nitrogen and oxygen atoms in total. The number of rotatable bonds is 4. The molecule has 90 valence electrons. The molecule has 0 saturated carbocycles. The second kappa shape index (κ2) is 5.64. The van der Waals surface area contributed by atoms with Gasteiger partial charge >= 0.3 is 0 Å². The van der Waals surface area contributed by atoms with Crippen LogP contribution in [0.1, 0.15) is 23.2 Å². The molecule has 1 amide bonds. The molecule has 1 unspecified atom stereocenters. The van der Waals surface area contributed by atoms with Gasteiger partial charge in [-0.15, -0.1) is 0 Å². The fourth-order valence-electron chi connectivity index (χ4n) is 2.13. The number of hydrogen-bond donors (Lipinski definition) is 1. The van der Waals surface area contributed by atoms with E-state index < -0.39 is 0 Å². The maximum Gasteiger partial charge on any atom is 0.252 e. The van der Waals surface area contributed by atoms with E-state index in [0.717, 1.165) is 13.1 Å². The average Bonchev–Trinajstić information content (AvgIpc) is 2.90. The monoisotopic (exact) mass is 230 g/mol. The predicted molar refractivity (Wildman–Crippen MR) is 68.7 cm³/mol. The van der Waals surface area contributed by atoms with E-state index in [-0.39, 0.29) is 12.1 Å². The summed E-state index contributed by atoms with van der Waals surface area (Å²) < 4.78 is 0. The van der Waals surface area contributed by atoms with Gasteiger partial charge in [0.05, 0.1) is 0 Å². The van der Waals surface area contributed by atoms with Crippen LogP contribution in [0, 0.1) is 0 Å². The van der Waals surface area contributed by atoms with Crippen molar-refractivity contribution >= 4 is 5.91 Å². The van der Waals surface area contributed by atoms with Gasteiger partial charge < -0.3 is 5.32 Å². The number of nitrogens with zero attached hydrogens (tertiary/aromatic N) is 1. The minimum atomic E-state index is -0.0507. The van der Waals surface area contributed by atoms with Crippen molar-refractivity contribution in [3.05, 3.63) is 48.6 Å². The van der Waals surface area contributed by atoms with Crippen LogP contribution in [0.25, 0.3) is 0 Å². The Morgan fingerprint density at radius 3 is 2.53 bits per heavy atom. The van der Waals surface area contributed by atoms with Gasteiger partial charge in [-0.3, -0.25) is 9.69 Å². The topological polar surface area (TPSA) is 32.3 Å². The number of likely N-dealkylation sites (tertiary alicyclic amines) is 1. The first-order valence-corrected chi connectivity index (χ1v) is 6.04. The van der Waals surface area contributed by atoms with Crippen LogP contribution in [0.2, 0.25) is 0 Å². The molecule has 0 aliphatic carbocycles. The molecule has 1 aliphatic rings. The van der Waals surface area contributed by atoms with Crippen LogP contribution in [-0.4, -0.2) is 30.1 Å². The highest BCUT2D eigenvalue weighted by atomic mass is 16.1. The Balaban J connectivity index is 1.99. The lowest BCUT2D eigenvalue weighted by molar-refractivity contribution is 0.0901. The van der Waals surface area contributed by atoms with E-state index in [1.807, 2.05) is 30.3 Å². The van der Waals surface area contributed by atoms with Crippen molar-refractivity contribution < 1.29 is 4.79 Å². The molecular weight excluding hydrogens is 212 g/mol. The minimum absolute atomic E-state index is 0.0394. The quantitative estimate of drug-likeness (QED) is 0.803. The Morgan fingerprint density at radius 1 is 1.29 bits per heavy atom. The van der Waals surface area contributed by atoms with Crippen LogP contribution < -0.4 is 5.32 Å². The second-order valence-electron chi connectivity index (χ2n) is 4.26. The number of hydrogen-bond acceptors (Lipinski definition) is 2. The molecule has 0 bridgehead atoms. The summed E-state index contributed by atoms with van der Waals surface area (Å²) in [5.41, 5.74) is 0.693. The molecule has 2 rings (SSSR count). The molecule has 0 spiro atoms. The summed E-state index contributed by atoms with van der Waals surface area (Å²) in [4.78, 5) is 14.2. The maximum atomic E-state index is 12.0. The molecule has 0 radical (unpaired) electrons. The van der Waals surface area contributed by atoms with Gasteiger partial charge in [0.2, 0.25) is 0 Å². The first-order valence-electron chi connectivity index (χ1n) is 6.04. The van der Waals surface area contributed by atoms with Gasteiger partial charge in [-0.25, -0.2) is 0 Å². The van der Waals surface area contributed by atoms with Gasteiger partial charge in [-0.1, -0.05) is 30.9 Å². The molecule has 3 heteroatoms. The minimum Gasteiger partial charge on any atom is -0.333 e. The SMILES string of the molecule is C=CC(NC(=O)c1ccccc1)N1CCCC1. The number of carbonyl (C=O) groups excluding carboxylic acids is 1. The van der Waals surface area contributed by atoms with Crippen LogP contribution in [0.3, 0.4) is 0 Å². The number of carbonyl (C=O) groups is 1. The van der Waals surface area contributed by atoms with Gasteiger partial charge in [0.15, 0.2) is 0 Å². The van der Waals surface area contributed by atoms with E-state index in [4.69, 9.17) is 0 Å². The summed E-state index contributed by atoms with van der Waals surface area (Å²) in [6.45, 7) is 5.86. The van der Waals surface area contributed by atoms with Gasteiger partial charge in [-0.05, 0) is 25.0 Å². The summed E-state index contributed by atoms with van der Waals surface area (Å²) in [6, 6.07) is 9.28. The van der Waals surface area contributed by atoms with Crippen LogP contribution in [0.15, 0.2) is 43.0 Å². The van der Waals surface area contributed by atoms with Crippen molar-refractivity contribution in [2.75, 3.05) is 13.1 Å². The first kappa shape index (κ1) is 11.9. The van der Waals surface area contributed by atoms with Gasteiger partial charge in [-0.2, -0.15) is 0 Å². The van der Waals surface area contributed by atoms with E-state index in [1.165, 1.54) is 12.8 Å². The highest BCUT2D eigenvalue weighted by molar-refractivity contribution is 5.94. The van der Waals surface area contributed by atoms with Crippen molar-refractivity contribution in [1.82, 2.24) is 10.2 Å². The molecule has 1 aromatic rings. The molecule has 17 heavy (non-hydrogen) atoms. The zero-order valence-electron chi connectivity index (χ0n) is 9.93. The summed E-state index contributed by atoms with van der Waals surface area (Å²) in [7, 11) is 0. The zero-order valence-corrected chi connectivity index (χ0v) is 9.93. The fourth-order valence-corrected chi connectivity index (χ4v) is 2.13. The lowest BCUT2D eigenvalue weighted by Gasteiger charge is -2.25. The second-order valence-corrected chi connectivity index (χ2v) is 4.26. The van der Waals surface area contributed by atoms with Crippen molar-refractivity contribution in [2.45, 2.75) is 19.0 Å². The smallest absolute Gasteiger partial charge is 0.252 e. The molecule has 1 saturated heterocycles. The van der Waals surface area contributed by atoms with Gasteiger partial charge in [0, 0.05) is 18.7 Å². The average molecular weight is 230 g/mol. The number of benzene rings is 1. The Bertz CT molecular complexity index is 382. The van der Waals surface area contributed by atoms with Crippen LogP contribution in [0.4, 0.5) is 0 Å². The highest BCUT2D eigenvalue weighted by Gasteiger charge is 2.20. The van der Waals surface area contributed by atoms with E-state index in [9.17, 15) is 4.79 Å². The standard InChI is InChI=1S/C14H18N2O/c1-2-13(16-10-6-7-11-16)15-14(17)12-8-4-3-5-9-12/h2-5,8-9,13H,1,6-7,10-11H2,(H,15,17). The molecule has 1 N–H and O–H groups in total. The van der Waals surface area contributed by atoms with Crippen molar-refractivity contribution in [1.29, 1.82) is 0 Å². The third-order valence-electron chi connectivity index (χ3n) is 3.07. The van der Waals surface area contributed by atoms with Gasteiger partial charge in [0.25, 0.3) is 5.91 Å². The summed E-state index contributed by atoms with van der Waals surface area (Å²) in [6.07, 6.45) is 4.15. The Hall–Kier alpha value is -1.61. The molecule has 1 heterocycles. The van der Waals surface area contributed by atoms with Gasteiger partial charge in [0.1, 0.15) is 6.17 Å². The van der Waals surface area contributed by atoms with Crippen LogP contribution in [0.5, 0.6) is 0 Å². The van der Waals surface area contributed by atoms with E-state index in [1.54, 1.807) is 6.08 Å². The van der Waals surface area contributed by atoms with E-state index >= 15 is 0 Å².